The van der Waals surface area contributed by atoms with Gasteiger partial charge in [0.25, 0.3) is 0 Å². The van der Waals surface area contributed by atoms with Crippen molar-refractivity contribution in [3.05, 3.63) is 63.9 Å². The number of hydrogen-bond acceptors (Lipinski definition) is 1. The molecule has 0 atom stereocenters. The molecule has 104 valence electrons. The number of benzene rings is 2. The van der Waals surface area contributed by atoms with E-state index in [9.17, 15) is 9.18 Å². The van der Waals surface area contributed by atoms with Crippen LogP contribution in [-0.4, -0.2) is 6.03 Å². The van der Waals surface area contributed by atoms with Crippen LogP contribution in [0.1, 0.15) is 11.1 Å². The molecule has 2 N–H and O–H groups in total. The molecule has 0 aliphatic rings. The topological polar surface area (TPSA) is 41.1 Å². The Morgan fingerprint density at radius 1 is 1.25 bits per heavy atom. The van der Waals surface area contributed by atoms with Gasteiger partial charge in [0.05, 0.1) is 5.69 Å². The van der Waals surface area contributed by atoms with E-state index in [-0.39, 0.29) is 18.4 Å². The normalized spacial score (nSPS) is 10.2. The van der Waals surface area contributed by atoms with E-state index < -0.39 is 0 Å². The third-order valence-electron chi connectivity index (χ3n) is 2.87. The Balaban J connectivity index is 1.96. The van der Waals surface area contributed by atoms with Crippen LogP contribution in [0.5, 0.6) is 0 Å². The van der Waals surface area contributed by atoms with E-state index in [1.807, 2.05) is 25.1 Å². The molecule has 2 rings (SSSR count). The number of hydrogen-bond donors (Lipinski definition) is 2. The first-order valence-corrected chi connectivity index (χ1v) is 6.90. The van der Waals surface area contributed by atoms with Gasteiger partial charge >= 0.3 is 6.03 Å². The van der Waals surface area contributed by atoms with E-state index in [0.717, 1.165) is 15.6 Å². The van der Waals surface area contributed by atoms with Crippen molar-refractivity contribution in [2.75, 3.05) is 5.32 Å². The number of nitrogens with one attached hydrogen (secondary N) is 2. The van der Waals surface area contributed by atoms with Crippen LogP contribution in [0.3, 0.4) is 0 Å². The minimum atomic E-state index is -0.333. The summed E-state index contributed by atoms with van der Waals surface area (Å²) in [6, 6.07) is 11.5. The summed E-state index contributed by atoms with van der Waals surface area (Å²) in [5.74, 6) is -0.307. The Morgan fingerprint density at radius 2 is 2.00 bits per heavy atom. The Hall–Kier alpha value is -1.88. The van der Waals surface area contributed by atoms with Crippen LogP contribution in [0.2, 0.25) is 0 Å². The maximum atomic E-state index is 13.1. The lowest BCUT2D eigenvalue weighted by Crippen LogP contribution is -2.28. The summed E-state index contributed by atoms with van der Waals surface area (Å²) in [6.45, 7) is 2.15. The molecular weight excluding hydrogens is 323 g/mol. The lowest BCUT2D eigenvalue weighted by molar-refractivity contribution is 0.251. The summed E-state index contributed by atoms with van der Waals surface area (Å²) in [6.07, 6.45) is 0. The first kappa shape index (κ1) is 14.5. The summed E-state index contributed by atoms with van der Waals surface area (Å²) < 4.78 is 13.9. The molecule has 3 nitrogen and oxygen atoms in total. The Morgan fingerprint density at radius 3 is 2.75 bits per heavy atom. The first-order chi connectivity index (χ1) is 9.56. The highest BCUT2D eigenvalue weighted by molar-refractivity contribution is 9.10. The van der Waals surface area contributed by atoms with Gasteiger partial charge in [-0.15, -0.1) is 0 Å². The number of carbonyl (C=O) groups excluding carboxylic acids is 1. The highest BCUT2D eigenvalue weighted by atomic mass is 79.9. The van der Waals surface area contributed by atoms with Crippen molar-refractivity contribution in [2.24, 2.45) is 0 Å². The molecule has 20 heavy (non-hydrogen) atoms. The maximum absolute atomic E-state index is 13.1. The fourth-order valence-corrected chi connectivity index (χ4v) is 2.12. The molecule has 0 radical (unpaired) electrons. The van der Waals surface area contributed by atoms with Crippen LogP contribution < -0.4 is 10.6 Å². The number of urea groups is 1. The quantitative estimate of drug-likeness (QED) is 0.865. The second kappa shape index (κ2) is 6.52. The van der Waals surface area contributed by atoms with Crippen LogP contribution in [0.25, 0.3) is 0 Å². The van der Waals surface area contributed by atoms with Crippen molar-refractivity contribution in [3.63, 3.8) is 0 Å². The van der Waals surface area contributed by atoms with Crippen LogP contribution in [0.15, 0.2) is 46.9 Å². The van der Waals surface area contributed by atoms with Gasteiger partial charge in [0.2, 0.25) is 0 Å². The maximum Gasteiger partial charge on any atom is 0.319 e. The zero-order chi connectivity index (χ0) is 14.5. The van der Waals surface area contributed by atoms with Gasteiger partial charge in [-0.05, 0) is 58.2 Å². The van der Waals surface area contributed by atoms with Gasteiger partial charge in [0, 0.05) is 11.0 Å². The molecule has 0 bridgehead atoms. The van der Waals surface area contributed by atoms with Crippen molar-refractivity contribution in [2.45, 2.75) is 13.5 Å². The number of anilines is 1. The number of rotatable bonds is 3. The third kappa shape index (κ3) is 3.81. The third-order valence-corrected chi connectivity index (χ3v) is 3.56. The second-order valence-corrected chi connectivity index (χ2v) is 5.21. The minimum Gasteiger partial charge on any atom is -0.334 e. The Kier molecular flexibility index (Phi) is 4.74. The number of carbonyl (C=O) groups is 1. The molecule has 0 aliphatic heterocycles. The average Bonchev–Trinajstić information content (AvgIpc) is 2.42. The number of para-hydroxylation sites is 1. The fourth-order valence-electron chi connectivity index (χ4n) is 1.74. The summed E-state index contributed by atoms with van der Waals surface area (Å²) in [7, 11) is 0. The molecule has 0 saturated heterocycles. The van der Waals surface area contributed by atoms with Crippen LogP contribution in [0, 0.1) is 12.7 Å². The van der Waals surface area contributed by atoms with Crippen molar-refractivity contribution in [1.82, 2.24) is 5.32 Å². The Labute approximate surface area is 125 Å². The van der Waals surface area contributed by atoms with Crippen molar-refractivity contribution in [1.29, 1.82) is 0 Å². The van der Waals surface area contributed by atoms with Gasteiger partial charge in [-0.3, -0.25) is 0 Å². The van der Waals surface area contributed by atoms with Crippen molar-refractivity contribution >= 4 is 27.6 Å². The van der Waals surface area contributed by atoms with Gasteiger partial charge < -0.3 is 10.6 Å². The standard InChI is InChI=1S/C15H14BrFN2O/c1-10-6-7-12(17)8-11(10)9-18-15(20)19-14-5-3-2-4-13(14)16/h2-8H,9H2,1H3,(H2,18,19,20). The zero-order valence-electron chi connectivity index (χ0n) is 10.9. The summed E-state index contributed by atoms with van der Waals surface area (Å²) in [4.78, 5) is 11.8. The molecule has 0 aliphatic carbocycles. The monoisotopic (exact) mass is 336 g/mol. The summed E-state index contributed by atoms with van der Waals surface area (Å²) in [5, 5.41) is 5.43. The molecule has 2 aromatic carbocycles. The number of aryl methyl sites for hydroxylation is 1. The van der Waals surface area contributed by atoms with Gasteiger partial charge in [-0.1, -0.05) is 18.2 Å². The highest BCUT2D eigenvalue weighted by Crippen LogP contribution is 2.20. The molecule has 2 amide bonds. The SMILES string of the molecule is Cc1ccc(F)cc1CNC(=O)Nc1ccccc1Br. The lowest BCUT2D eigenvalue weighted by atomic mass is 10.1. The summed E-state index contributed by atoms with van der Waals surface area (Å²) in [5.41, 5.74) is 2.38. The van der Waals surface area contributed by atoms with Crippen LogP contribution in [0.4, 0.5) is 14.9 Å². The van der Waals surface area contributed by atoms with E-state index in [2.05, 4.69) is 26.6 Å². The number of halogens is 2. The predicted molar refractivity (Wildman–Crippen MR) is 81.1 cm³/mol. The molecule has 0 saturated carbocycles. The van der Waals surface area contributed by atoms with Gasteiger partial charge in [-0.2, -0.15) is 0 Å². The molecule has 5 heteroatoms. The summed E-state index contributed by atoms with van der Waals surface area (Å²) >= 11 is 3.35. The second-order valence-electron chi connectivity index (χ2n) is 4.36. The van der Waals surface area contributed by atoms with E-state index in [0.29, 0.717) is 5.69 Å². The minimum absolute atomic E-state index is 0.278. The molecule has 0 spiro atoms. The van der Waals surface area contributed by atoms with Gasteiger partial charge in [0.1, 0.15) is 5.82 Å². The average molecular weight is 337 g/mol. The number of amides is 2. The van der Waals surface area contributed by atoms with Crippen LogP contribution in [-0.2, 0) is 6.54 Å². The van der Waals surface area contributed by atoms with E-state index >= 15 is 0 Å². The first-order valence-electron chi connectivity index (χ1n) is 6.10. The van der Waals surface area contributed by atoms with Crippen molar-refractivity contribution in [3.8, 4) is 0 Å². The largest absolute Gasteiger partial charge is 0.334 e. The molecular formula is C15H14BrFN2O. The Bertz CT molecular complexity index is 631. The lowest BCUT2D eigenvalue weighted by Gasteiger charge is -2.10. The predicted octanol–water partition coefficient (Wildman–Crippen LogP) is 4.22. The van der Waals surface area contributed by atoms with E-state index in [4.69, 9.17) is 0 Å². The molecule has 2 aromatic rings. The molecule has 0 unspecified atom stereocenters. The van der Waals surface area contributed by atoms with E-state index in [1.54, 1.807) is 12.1 Å². The highest BCUT2D eigenvalue weighted by Gasteiger charge is 2.06. The molecule has 0 fully saturated rings. The fraction of sp³-hybridized carbons (Fsp3) is 0.133. The molecule has 0 heterocycles. The van der Waals surface area contributed by atoms with Crippen LogP contribution >= 0.6 is 15.9 Å². The van der Waals surface area contributed by atoms with Gasteiger partial charge in [-0.25, -0.2) is 9.18 Å². The molecule has 0 aromatic heterocycles. The van der Waals surface area contributed by atoms with Gasteiger partial charge in [0.15, 0.2) is 0 Å². The zero-order valence-corrected chi connectivity index (χ0v) is 12.5. The smallest absolute Gasteiger partial charge is 0.319 e. The van der Waals surface area contributed by atoms with Crippen molar-refractivity contribution < 1.29 is 9.18 Å². The van der Waals surface area contributed by atoms with E-state index in [1.165, 1.54) is 12.1 Å².